The van der Waals surface area contributed by atoms with Gasteiger partial charge in [0.1, 0.15) is 15.5 Å². The maximum Gasteiger partial charge on any atom is 0.348 e. The number of phenols is 1. The third-order valence-corrected chi connectivity index (χ3v) is 5.75. The quantitative estimate of drug-likeness (QED) is 0.550. The molecule has 146 valence electrons. The first kappa shape index (κ1) is 20.1. The SMILES string of the molecule is CCOC(=O)c1sc2nc(/C=C/c3cc(Br)c(O)c(OC)c3)[nH]c(=O)c2c1C. The number of aromatic amines is 1. The summed E-state index contributed by atoms with van der Waals surface area (Å²) >= 11 is 4.40. The van der Waals surface area contributed by atoms with E-state index in [2.05, 4.69) is 25.9 Å². The number of aromatic hydroxyl groups is 1. The molecule has 7 nitrogen and oxygen atoms in total. The minimum Gasteiger partial charge on any atom is -0.503 e. The number of ether oxygens (including phenoxy) is 2. The lowest BCUT2D eigenvalue weighted by Gasteiger charge is -2.06. The van der Waals surface area contributed by atoms with E-state index < -0.39 is 5.97 Å². The van der Waals surface area contributed by atoms with Crippen LogP contribution in [-0.2, 0) is 4.74 Å². The van der Waals surface area contributed by atoms with Crippen LogP contribution in [0, 0.1) is 6.92 Å². The Hall–Kier alpha value is -2.65. The van der Waals surface area contributed by atoms with Gasteiger partial charge in [0, 0.05) is 0 Å². The van der Waals surface area contributed by atoms with Crippen molar-refractivity contribution in [2.24, 2.45) is 0 Å². The molecular formula is C19H17BrN2O5S. The number of H-pyrrole nitrogens is 1. The fourth-order valence-electron chi connectivity index (χ4n) is 2.65. The third kappa shape index (κ3) is 3.81. The number of nitrogens with zero attached hydrogens (tertiary/aromatic N) is 1. The second-order valence-corrected chi connectivity index (χ2v) is 7.65. The van der Waals surface area contributed by atoms with Gasteiger partial charge in [-0.25, -0.2) is 9.78 Å². The van der Waals surface area contributed by atoms with E-state index in [1.807, 2.05) is 0 Å². The van der Waals surface area contributed by atoms with Gasteiger partial charge >= 0.3 is 5.97 Å². The zero-order valence-electron chi connectivity index (χ0n) is 15.3. The van der Waals surface area contributed by atoms with Crippen LogP contribution in [0.2, 0.25) is 0 Å². The first-order valence-electron chi connectivity index (χ1n) is 8.30. The predicted octanol–water partition coefficient (Wildman–Crippen LogP) is 4.12. The summed E-state index contributed by atoms with van der Waals surface area (Å²) in [6.45, 7) is 3.69. The van der Waals surface area contributed by atoms with Crippen molar-refractivity contribution in [1.29, 1.82) is 0 Å². The number of methoxy groups -OCH3 is 1. The molecule has 0 aliphatic rings. The summed E-state index contributed by atoms with van der Waals surface area (Å²) < 4.78 is 10.6. The molecule has 0 amide bonds. The number of hydrogen-bond acceptors (Lipinski definition) is 7. The normalized spacial score (nSPS) is 11.3. The van der Waals surface area contributed by atoms with E-state index >= 15 is 0 Å². The number of hydrogen-bond donors (Lipinski definition) is 2. The number of carbonyl (C=O) groups excluding carboxylic acids is 1. The number of phenolic OH excluding ortho intramolecular Hbond substituents is 1. The number of benzene rings is 1. The second-order valence-electron chi connectivity index (χ2n) is 5.79. The first-order chi connectivity index (χ1) is 13.3. The van der Waals surface area contributed by atoms with Crippen LogP contribution in [0.25, 0.3) is 22.4 Å². The summed E-state index contributed by atoms with van der Waals surface area (Å²) in [6, 6.07) is 3.36. The van der Waals surface area contributed by atoms with Gasteiger partial charge in [0.15, 0.2) is 11.5 Å². The molecule has 9 heteroatoms. The first-order valence-corrected chi connectivity index (χ1v) is 9.91. The minimum absolute atomic E-state index is 0.00755. The highest BCUT2D eigenvalue weighted by Gasteiger charge is 2.19. The Morgan fingerprint density at radius 2 is 2.14 bits per heavy atom. The van der Waals surface area contributed by atoms with Gasteiger partial charge in [0.25, 0.3) is 5.56 Å². The van der Waals surface area contributed by atoms with Crippen molar-refractivity contribution in [1.82, 2.24) is 9.97 Å². The highest BCUT2D eigenvalue weighted by atomic mass is 79.9. The zero-order chi connectivity index (χ0) is 20.4. The smallest absolute Gasteiger partial charge is 0.348 e. The van der Waals surface area contributed by atoms with Gasteiger partial charge in [0.05, 0.1) is 23.6 Å². The van der Waals surface area contributed by atoms with Crippen molar-refractivity contribution in [3.63, 3.8) is 0 Å². The number of carbonyl (C=O) groups is 1. The molecule has 0 fully saturated rings. The van der Waals surface area contributed by atoms with Crippen LogP contribution in [-0.4, -0.2) is 34.8 Å². The lowest BCUT2D eigenvalue weighted by atomic mass is 10.2. The molecule has 2 heterocycles. The number of thiophene rings is 1. The number of fused-ring (bicyclic) bond motifs is 1. The minimum atomic E-state index is -0.458. The molecule has 1 aromatic carbocycles. The molecule has 2 aromatic heterocycles. The number of aryl methyl sites for hydroxylation is 1. The van der Waals surface area contributed by atoms with Gasteiger partial charge in [0.2, 0.25) is 0 Å². The molecule has 2 N–H and O–H groups in total. The Balaban J connectivity index is 2.01. The lowest BCUT2D eigenvalue weighted by Crippen LogP contribution is -2.10. The maximum atomic E-state index is 12.5. The number of rotatable bonds is 5. The van der Waals surface area contributed by atoms with Gasteiger partial charge in [-0.05, 0) is 59.1 Å². The zero-order valence-corrected chi connectivity index (χ0v) is 17.7. The topological polar surface area (TPSA) is 102 Å². The molecule has 3 aromatic rings. The number of aromatic nitrogens is 2. The average Bonchev–Trinajstić information content (AvgIpc) is 3.00. The lowest BCUT2D eigenvalue weighted by molar-refractivity contribution is 0.0531. The van der Waals surface area contributed by atoms with Crippen LogP contribution < -0.4 is 10.3 Å². The molecule has 0 aliphatic heterocycles. The molecule has 0 atom stereocenters. The van der Waals surface area contributed by atoms with Crippen LogP contribution >= 0.6 is 27.3 Å². The van der Waals surface area contributed by atoms with Crippen LogP contribution in [0.15, 0.2) is 21.4 Å². The molecule has 3 rings (SSSR count). The maximum absolute atomic E-state index is 12.5. The summed E-state index contributed by atoms with van der Waals surface area (Å²) in [4.78, 5) is 32.5. The summed E-state index contributed by atoms with van der Waals surface area (Å²) in [7, 11) is 1.46. The largest absolute Gasteiger partial charge is 0.503 e. The van der Waals surface area contributed by atoms with Crippen LogP contribution in [0.4, 0.5) is 0 Å². The molecule has 0 saturated carbocycles. The van der Waals surface area contributed by atoms with Crippen molar-refractivity contribution in [2.45, 2.75) is 13.8 Å². The molecule has 0 aliphatic carbocycles. The van der Waals surface area contributed by atoms with E-state index in [-0.39, 0.29) is 17.9 Å². The second kappa shape index (κ2) is 8.15. The summed E-state index contributed by atoms with van der Waals surface area (Å²) in [5, 5.41) is 10.3. The Bertz CT molecular complexity index is 1150. The molecule has 0 spiro atoms. The standard InChI is InChI=1S/C19H17BrN2O5S/c1-4-27-19(25)16-9(2)14-17(24)21-13(22-18(14)28-16)6-5-10-7-11(20)15(23)12(8-10)26-3/h5-8,23H,4H2,1-3H3,(H,21,22,24)/b6-5+. The molecule has 0 radical (unpaired) electrons. The molecule has 28 heavy (non-hydrogen) atoms. The van der Waals surface area contributed by atoms with E-state index in [4.69, 9.17) is 9.47 Å². The fourth-order valence-corrected chi connectivity index (χ4v) is 4.19. The van der Waals surface area contributed by atoms with Crippen LogP contribution in [0.5, 0.6) is 11.5 Å². The number of esters is 1. The summed E-state index contributed by atoms with van der Waals surface area (Å²) in [5.41, 5.74) is 0.979. The van der Waals surface area contributed by atoms with Gasteiger partial charge < -0.3 is 19.6 Å². The third-order valence-electron chi connectivity index (χ3n) is 3.98. The van der Waals surface area contributed by atoms with Gasteiger partial charge in [-0.2, -0.15) is 0 Å². The molecule has 0 saturated heterocycles. The highest BCUT2D eigenvalue weighted by molar-refractivity contribution is 9.10. The Kier molecular flexibility index (Phi) is 5.85. The van der Waals surface area contributed by atoms with Crippen molar-refractivity contribution in [3.8, 4) is 11.5 Å². The Morgan fingerprint density at radius 3 is 2.82 bits per heavy atom. The average molecular weight is 465 g/mol. The van der Waals surface area contributed by atoms with E-state index in [0.29, 0.717) is 36.7 Å². The number of nitrogens with one attached hydrogen (secondary N) is 1. The monoisotopic (exact) mass is 464 g/mol. The van der Waals surface area contributed by atoms with Gasteiger partial charge in [-0.1, -0.05) is 6.08 Å². The summed E-state index contributed by atoms with van der Waals surface area (Å²) in [6.07, 6.45) is 3.36. The summed E-state index contributed by atoms with van der Waals surface area (Å²) in [5.74, 6) is 0.213. The van der Waals surface area contributed by atoms with E-state index in [1.165, 1.54) is 7.11 Å². The van der Waals surface area contributed by atoms with Crippen molar-refractivity contribution < 1.29 is 19.4 Å². The van der Waals surface area contributed by atoms with Crippen molar-refractivity contribution >= 4 is 55.6 Å². The highest BCUT2D eigenvalue weighted by Crippen LogP contribution is 2.35. The van der Waals surface area contributed by atoms with Gasteiger partial charge in [-0.3, -0.25) is 4.79 Å². The Labute approximate surface area is 172 Å². The molecular weight excluding hydrogens is 448 g/mol. The van der Waals surface area contributed by atoms with E-state index in [0.717, 1.165) is 16.9 Å². The number of halogens is 1. The molecule has 0 bridgehead atoms. The van der Waals surface area contributed by atoms with Crippen LogP contribution in [0.1, 0.15) is 33.5 Å². The Morgan fingerprint density at radius 1 is 1.39 bits per heavy atom. The van der Waals surface area contributed by atoms with Gasteiger partial charge in [-0.15, -0.1) is 11.3 Å². The van der Waals surface area contributed by atoms with Crippen LogP contribution in [0.3, 0.4) is 0 Å². The van der Waals surface area contributed by atoms with Crippen molar-refractivity contribution in [3.05, 3.63) is 48.8 Å². The molecule has 0 unspecified atom stereocenters. The van der Waals surface area contributed by atoms with E-state index in [9.17, 15) is 14.7 Å². The fraction of sp³-hybridized carbons (Fsp3) is 0.211. The predicted molar refractivity (Wildman–Crippen MR) is 112 cm³/mol. The van der Waals surface area contributed by atoms with E-state index in [1.54, 1.807) is 38.1 Å². The van der Waals surface area contributed by atoms with Crippen molar-refractivity contribution in [2.75, 3.05) is 13.7 Å².